The van der Waals surface area contributed by atoms with E-state index in [0.717, 1.165) is 0 Å². The average Bonchev–Trinajstić information content (AvgIpc) is 2.31. The van der Waals surface area contributed by atoms with Crippen molar-refractivity contribution < 1.29 is 4.39 Å². The highest BCUT2D eigenvalue weighted by atomic mass is 35.5. The van der Waals surface area contributed by atoms with Crippen LogP contribution < -0.4 is 0 Å². The zero-order valence-electron chi connectivity index (χ0n) is 8.52. The van der Waals surface area contributed by atoms with Crippen molar-refractivity contribution in [1.82, 2.24) is 4.98 Å². The number of hydrogen-bond acceptors (Lipinski definition) is 3. The molecule has 0 unspecified atom stereocenters. The van der Waals surface area contributed by atoms with E-state index in [1.54, 1.807) is 18.2 Å². The first-order valence-electron chi connectivity index (χ1n) is 4.67. The van der Waals surface area contributed by atoms with Gasteiger partial charge in [-0.2, -0.15) is 5.26 Å². The Morgan fingerprint density at radius 1 is 1.29 bits per heavy atom. The maximum absolute atomic E-state index is 13.2. The van der Waals surface area contributed by atoms with Gasteiger partial charge < -0.3 is 0 Å². The molecule has 84 valence electrons. The number of hydrogen-bond donors (Lipinski definition) is 0. The lowest BCUT2D eigenvalue weighted by molar-refractivity contribution is 0.623. The Morgan fingerprint density at radius 3 is 2.76 bits per heavy atom. The summed E-state index contributed by atoms with van der Waals surface area (Å²) in [6, 6.07) is 9.53. The summed E-state index contributed by atoms with van der Waals surface area (Å²) >= 11 is 6.99. The molecule has 0 aliphatic carbocycles. The Morgan fingerprint density at radius 2 is 2.12 bits per heavy atom. The quantitative estimate of drug-likeness (QED) is 0.825. The first-order chi connectivity index (χ1) is 8.17. The summed E-state index contributed by atoms with van der Waals surface area (Å²) in [7, 11) is 0. The maximum Gasteiger partial charge on any atom is 0.125 e. The molecule has 2 nitrogen and oxygen atoms in total. The summed E-state index contributed by atoms with van der Waals surface area (Å²) in [5.41, 5.74) is 0.293. The third-order valence-electron chi connectivity index (χ3n) is 1.92. The van der Waals surface area contributed by atoms with Crippen molar-refractivity contribution in [3.63, 3.8) is 0 Å². The van der Waals surface area contributed by atoms with Crippen molar-refractivity contribution in [1.29, 1.82) is 5.26 Å². The Bertz CT molecular complexity index is 578. The van der Waals surface area contributed by atoms with Crippen molar-refractivity contribution in [2.75, 3.05) is 0 Å². The van der Waals surface area contributed by atoms with E-state index in [1.807, 2.05) is 6.07 Å². The standard InChI is InChI=1S/C12H6ClFN2S/c13-9-1-2-12(16-7-9)17-11-4-8(6-15)3-10(14)5-11/h1-5,7H. The molecule has 0 bridgehead atoms. The lowest BCUT2D eigenvalue weighted by atomic mass is 10.2. The van der Waals surface area contributed by atoms with Gasteiger partial charge >= 0.3 is 0 Å². The minimum absolute atomic E-state index is 0.293. The smallest absolute Gasteiger partial charge is 0.125 e. The van der Waals surface area contributed by atoms with E-state index in [2.05, 4.69) is 4.98 Å². The molecular formula is C12H6ClFN2S. The van der Waals surface area contributed by atoms with Crippen LogP contribution in [0.3, 0.4) is 0 Å². The zero-order valence-corrected chi connectivity index (χ0v) is 10.1. The van der Waals surface area contributed by atoms with E-state index in [-0.39, 0.29) is 0 Å². The van der Waals surface area contributed by atoms with Crippen LogP contribution in [0.2, 0.25) is 5.02 Å². The van der Waals surface area contributed by atoms with E-state index in [4.69, 9.17) is 16.9 Å². The molecule has 0 saturated carbocycles. The number of pyridine rings is 1. The molecule has 2 rings (SSSR count). The van der Waals surface area contributed by atoms with E-state index in [0.29, 0.717) is 20.5 Å². The molecule has 2 aromatic rings. The summed E-state index contributed by atoms with van der Waals surface area (Å²) < 4.78 is 13.2. The first-order valence-corrected chi connectivity index (χ1v) is 5.87. The number of rotatable bonds is 2. The second-order valence-electron chi connectivity index (χ2n) is 3.20. The van der Waals surface area contributed by atoms with Gasteiger partial charge in [-0.3, -0.25) is 0 Å². The Balaban J connectivity index is 2.27. The molecule has 1 aromatic carbocycles. The van der Waals surface area contributed by atoms with E-state index < -0.39 is 5.82 Å². The first kappa shape index (κ1) is 11.9. The van der Waals surface area contributed by atoms with E-state index in [9.17, 15) is 4.39 Å². The van der Waals surface area contributed by atoms with Gasteiger partial charge in [-0.05, 0) is 30.3 Å². The van der Waals surface area contributed by atoms with Gasteiger partial charge in [-0.25, -0.2) is 9.37 Å². The van der Waals surface area contributed by atoms with Crippen LogP contribution in [0, 0.1) is 17.1 Å². The van der Waals surface area contributed by atoms with Crippen LogP contribution in [0.1, 0.15) is 5.56 Å². The minimum atomic E-state index is -0.430. The highest BCUT2D eigenvalue weighted by Crippen LogP contribution is 2.27. The lowest BCUT2D eigenvalue weighted by Crippen LogP contribution is -1.83. The van der Waals surface area contributed by atoms with Gasteiger partial charge in [-0.15, -0.1) is 0 Å². The molecule has 0 spiro atoms. The Kier molecular flexibility index (Phi) is 3.62. The number of nitrogens with zero attached hydrogens (tertiary/aromatic N) is 2. The Hall–Kier alpha value is -1.57. The lowest BCUT2D eigenvalue weighted by Gasteiger charge is -2.01. The summed E-state index contributed by atoms with van der Waals surface area (Å²) in [6.07, 6.45) is 1.52. The van der Waals surface area contributed by atoms with Crippen molar-refractivity contribution >= 4 is 23.4 Å². The van der Waals surface area contributed by atoms with Crippen molar-refractivity contribution in [2.24, 2.45) is 0 Å². The normalized spacial score (nSPS) is 9.94. The van der Waals surface area contributed by atoms with E-state index in [1.165, 1.54) is 30.1 Å². The predicted octanol–water partition coefficient (Wildman–Crippen LogP) is 3.90. The summed E-state index contributed by atoms with van der Waals surface area (Å²) in [6.45, 7) is 0. The van der Waals surface area contributed by atoms with Crippen molar-refractivity contribution in [3.8, 4) is 6.07 Å². The fraction of sp³-hybridized carbons (Fsp3) is 0. The molecule has 0 amide bonds. The molecule has 5 heteroatoms. The molecular weight excluding hydrogens is 259 g/mol. The van der Waals surface area contributed by atoms with Gasteiger partial charge in [0.1, 0.15) is 10.8 Å². The third kappa shape index (κ3) is 3.19. The second kappa shape index (κ2) is 5.17. The molecule has 0 saturated heterocycles. The van der Waals surface area contributed by atoms with Crippen LogP contribution in [-0.2, 0) is 0 Å². The number of halogens is 2. The number of nitriles is 1. The molecule has 0 radical (unpaired) electrons. The highest BCUT2D eigenvalue weighted by Gasteiger charge is 2.03. The SMILES string of the molecule is N#Cc1cc(F)cc(Sc2ccc(Cl)cn2)c1. The monoisotopic (exact) mass is 264 g/mol. The molecule has 0 atom stereocenters. The topological polar surface area (TPSA) is 36.7 Å². The molecule has 0 aliphatic heterocycles. The van der Waals surface area contributed by atoms with Crippen LogP contribution in [0.5, 0.6) is 0 Å². The van der Waals surface area contributed by atoms with Crippen LogP contribution in [-0.4, -0.2) is 4.98 Å². The summed E-state index contributed by atoms with van der Waals surface area (Å²) in [4.78, 5) is 4.72. The van der Waals surface area contributed by atoms with Crippen molar-refractivity contribution in [2.45, 2.75) is 9.92 Å². The molecule has 1 heterocycles. The third-order valence-corrected chi connectivity index (χ3v) is 3.07. The van der Waals surface area contributed by atoms with Gasteiger partial charge in [0.05, 0.1) is 16.7 Å². The summed E-state index contributed by atoms with van der Waals surface area (Å²) in [5, 5.41) is 9.98. The highest BCUT2D eigenvalue weighted by molar-refractivity contribution is 7.99. The molecule has 1 aromatic heterocycles. The summed E-state index contributed by atoms with van der Waals surface area (Å²) in [5.74, 6) is -0.430. The molecule has 0 aliphatic rings. The number of aromatic nitrogens is 1. The van der Waals surface area contributed by atoms with Gasteiger partial charge in [0.25, 0.3) is 0 Å². The van der Waals surface area contributed by atoms with Crippen molar-refractivity contribution in [3.05, 3.63) is 52.9 Å². The minimum Gasteiger partial charge on any atom is -0.248 e. The largest absolute Gasteiger partial charge is 0.248 e. The molecule has 0 fully saturated rings. The Labute approximate surface area is 107 Å². The fourth-order valence-corrected chi connectivity index (χ4v) is 2.18. The zero-order chi connectivity index (χ0) is 12.3. The second-order valence-corrected chi connectivity index (χ2v) is 4.73. The predicted molar refractivity (Wildman–Crippen MR) is 64.5 cm³/mol. The van der Waals surface area contributed by atoms with Gasteiger partial charge in [-0.1, -0.05) is 23.4 Å². The van der Waals surface area contributed by atoms with Crippen LogP contribution in [0.15, 0.2) is 46.5 Å². The van der Waals surface area contributed by atoms with Crippen LogP contribution >= 0.6 is 23.4 Å². The molecule has 17 heavy (non-hydrogen) atoms. The average molecular weight is 265 g/mol. The van der Waals surface area contributed by atoms with Crippen LogP contribution in [0.4, 0.5) is 4.39 Å². The maximum atomic E-state index is 13.2. The van der Waals surface area contributed by atoms with Gasteiger partial charge in [0.2, 0.25) is 0 Å². The fourth-order valence-electron chi connectivity index (χ4n) is 1.23. The van der Waals surface area contributed by atoms with E-state index >= 15 is 0 Å². The van der Waals surface area contributed by atoms with Gasteiger partial charge in [0.15, 0.2) is 0 Å². The molecule has 0 N–H and O–H groups in total. The van der Waals surface area contributed by atoms with Crippen LogP contribution in [0.25, 0.3) is 0 Å². The number of benzene rings is 1. The van der Waals surface area contributed by atoms with Gasteiger partial charge in [0, 0.05) is 11.1 Å².